The van der Waals surface area contributed by atoms with Gasteiger partial charge in [0.25, 0.3) is 5.91 Å². The highest BCUT2D eigenvalue weighted by Crippen LogP contribution is 2.25. The highest BCUT2D eigenvalue weighted by Gasteiger charge is 2.26. The molecule has 4 rings (SSSR count). The van der Waals surface area contributed by atoms with Crippen LogP contribution in [0.3, 0.4) is 0 Å². The lowest BCUT2D eigenvalue weighted by atomic mass is 10.2. The minimum Gasteiger partial charge on any atom is -0.468 e. The van der Waals surface area contributed by atoms with Crippen LogP contribution < -0.4 is 10.7 Å². The fourth-order valence-electron chi connectivity index (χ4n) is 3.46. The number of hydrogen-bond acceptors (Lipinski definition) is 5. The number of benzene rings is 1. The Balaban J connectivity index is 1.54. The second-order valence-corrected chi connectivity index (χ2v) is 7.52. The van der Waals surface area contributed by atoms with Crippen LogP contribution in [-0.4, -0.2) is 30.4 Å². The first-order chi connectivity index (χ1) is 13.1. The first kappa shape index (κ1) is 18.0. The maximum atomic E-state index is 12.6. The van der Waals surface area contributed by atoms with Crippen LogP contribution >= 0.6 is 15.9 Å². The summed E-state index contributed by atoms with van der Waals surface area (Å²) in [6, 6.07) is 10.1. The predicted octanol–water partition coefficient (Wildman–Crippen LogP) is 3.72. The topological polar surface area (TPSA) is 75.7 Å². The summed E-state index contributed by atoms with van der Waals surface area (Å²) >= 11 is 3.35. The monoisotopic (exact) mass is 430 g/mol. The maximum Gasteiger partial charge on any atom is 0.287 e. The van der Waals surface area contributed by atoms with Crippen LogP contribution in [0.5, 0.6) is 0 Å². The Hall–Kier alpha value is -2.38. The van der Waals surface area contributed by atoms with Crippen molar-refractivity contribution in [1.82, 2.24) is 10.2 Å². The van der Waals surface area contributed by atoms with Gasteiger partial charge >= 0.3 is 0 Å². The fourth-order valence-corrected chi connectivity index (χ4v) is 3.80. The average Bonchev–Trinajstić information content (AvgIpc) is 3.35. The van der Waals surface area contributed by atoms with Crippen LogP contribution in [0.1, 0.15) is 35.2 Å². The minimum atomic E-state index is -0.412. The van der Waals surface area contributed by atoms with E-state index in [1.807, 2.05) is 12.1 Å². The molecule has 0 aliphatic carbocycles. The lowest BCUT2D eigenvalue weighted by Crippen LogP contribution is -2.36. The molecule has 1 aliphatic heterocycles. The molecule has 6 nitrogen and oxygen atoms in total. The van der Waals surface area contributed by atoms with Crippen molar-refractivity contribution >= 4 is 32.8 Å². The van der Waals surface area contributed by atoms with E-state index in [1.165, 1.54) is 6.07 Å². The lowest BCUT2D eigenvalue weighted by molar-refractivity contribution is 0.0906. The van der Waals surface area contributed by atoms with E-state index >= 15 is 0 Å². The van der Waals surface area contributed by atoms with E-state index in [0.29, 0.717) is 17.5 Å². The van der Waals surface area contributed by atoms with Gasteiger partial charge in [-0.2, -0.15) is 0 Å². The van der Waals surface area contributed by atoms with Gasteiger partial charge in [-0.1, -0.05) is 15.9 Å². The van der Waals surface area contributed by atoms with Gasteiger partial charge in [0.15, 0.2) is 11.2 Å². The fraction of sp³-hybridized carbons (Fsp3) is 0.300. The Kier molecular flexibility index (Phi) is 5.13. The number of furan rings is 1. The third-order valence-corrected chi connectivity index (χ3v) is 5.32. The van der Waals surface area contributed by atoms with Crippen molar-refractivity contribution in [2.24, 2.45) is 0 Å². The minimum absolute atomic E-state index is 0.00483. The van der Waals surface area contributed by atoms with Gasteiger partial charge in [0.2, 0.25) is 0 Å². The Morgan fingerprint density at radius 1 is 1.22 bits per heavy atom. The predicted molar refractivity (Wildman–Crippen MR) is 105 cm³/mol. The number of halogens is 1. The normalized spacial score (nSPS) is 15.9. The quantitative estimate of drug-likeness (QED) is 0.667. The van der Waals surface area contributed by atoms with Gasteiger partial charge in [0, 0.05) is 17.1 Å². The van der Waals surface area contributed by atoms with E-state index in [9.17, 15) is 9.59 Å². The third-order valence-electron chi connectivity index (χ3n) is 4.82. The van der Waals surface area contributed by atoms with Crippen LogP contribution in [0.15, 0.2) is 60.8 Å². The molecule has 1 atom stereocenters. The van der Waals surface area contributed by atoms with Crippen LogP contribution in [0, 0.1) is 0 Å². The van der Waals surface area contributed by atoms with Gasteiger partial charge in [0.1, 0.15) is 11.3 Å². The average molecular weight is 431 g/mol. The van der Waals surface area contributed by atoms with Crippen molar-refractivity contribution in [3.8, 4) is 0 Å². The number of carbonyl (C=O) groups excluding carboxylic acids is 1. The number of nitrogens with one attached hydrogen (secondary N) is 1. The molecule has 27 heavy (non-hydrogen) atoms. The van der Waals surface area contributed by atoms with E-state index < -0.39 is 5.91 Å². The molecule has 0 bridgehead atoms. The van der Waals surface area contributed by atoms with E-state index in [1.54, 1.807) is 24.5 Å². The molecule has 1 unspecified atom stereocenters. The molecule has 1 saturated heterocycles. The highest BCUT2D eigenvalue weighted by molar-refractivity contribution is 9.10. The molecule has 1 aromatic carbocycles. The second-order valence-electron chi connectivity index (χ2n) is 6.60. The largest absolute Gasteiger partial charge is 0.468 e. The Morgan fingerprint density at radius 2 is 2.04 bits per heavy atom. The number of rotatable bonds is 5. The standard InChI is InChI=1S/C20H19BrN2O4/c21-13-5-6-14-16(24)11-19(27-18(14)10-13)20(25)22-12-15(17-4-3-9-26-17)23-7-1-2-8-23/h3-6,9-11,15H,1-2,7-8,12H2,(H,22,25). The van der Waals surface area contributed by atoms with Crippen LogP contribution in [0.25, 0.3) is 11.0 Å². The number of amides is 1. The summed E-state index contributed by atoms with van der Waals surface area (Å²) in [5.41, 5.74) is 0.139. The van der Waals surface area contributed by atoms with E-state index in [0.717, 1.165) is 36.2 Å². The van der Waals surface area contributed by atoms with Crippen LogP contribution in [-0.2, 0) is 0 Å². The second kappa shape index (κ2) is 7.70. The third kappa shape index (κ3) is 3.84. The molecule has 3 heterocycles. The zero-order valence-electron chi connectivity index (χ0n) is 14.6. The van der Waals surface area contributed by atoms with E-state index in [2.05, 4.69) is 26.1 Å². The molecule has 0 radical (unpaired) electrons. The molecule has 140 valence electrons. The molecule has 0 spiro atoms. The molecule has 1 N–H and O–H groups in total. The molecule has 1 amide bonds. The molecule has 7 heteroatoms. The van der Waals surface area contributed by atoms with Crippen LogP contribution in [0.2, 0.25) is 0 Å². The number of hydrogen-bond donors (Lipinski definition) is 1. The Morgan fingerprint density at radius 3 is 2.78 bits per heavy atom. The van der Waals surface area contributed by atoms with Gasteiger partial charge in [-0.05, 0) is 56.3 Å². The zero-order valence-corrected chi connectivity index (χ0v) is 16.2. The molecule has 0 saturated carbocycles. The summed E-state index contributed by atoms with van der Waals surface area (Å²) in [5.74, 6) is 0.413. The Labute approximate surface area is 164 Å². The van der Waals surface area contributed by atoms with Crippen LogP contribution in [0.4, 0.5) is 0 Å². The van der Waals surface area contributed by atoms with Crippen molar-refractivity contribution in [2.75, 3.05) is 19.6 Å². The van der Waals surface area contributed by atoms with Crippen molar-refractivity contribution in [3.63, 3.8) is 0 Å². The summed E-state index contributed by atoms with van der Waals surface area (Å²) in [5, 5.41) is 3.33. The smallest absolute Gasteiger partial charge is 0.287 e. The summed E-state index contributed by atoms with van der Waals surface area (Å²) in [6.07, 6.45) is 3.92. The van der Waals surface area contributed by atoms with Gasteiger partial charge in [-0.15, -0.1) is 0 Å². The zero-order chi connectivity index (χ0) is 18.8. The number of likely N-dealkylation sites (tertiary alicyclic amines) is 1. The van der Waals surface area contributed by atoms with Crippen molar-refractivity contribution in [1.29, 1.82) is 0 Å². The summed E-state index contributed by atoms with van der Waals surface area (Å²) in [4.78, 5) is 27.2. The number of nitrogens with zero attached hydrogens (tertiary/aromatic N) is 1. The molecule has 3 aromatic rings. The van der Waals surface area contributed by atoms with Crippen molar-refractivity contribution in [3.05, 3.63) is 68.9 Å². The summed E-state index contributed by atoms with van der Waals surface area (Å²) in [7, 11) is 0. The van der Waals surface area contributed by atoms with Crippen molar-refractivity contribution in [2.45, 2.75) is 18.9 Å². The number of fused-ring (bicyclic) bond motifs is 1. The maximum absolute atomic E-state index is 12.6. The van der Waals surface area contributed by atoms with Crippen molar-refractivity contribution < 1.29 is 13.6 Å². The summed E-state index contributed by atoms with van der Waals surface area (Å²) < 4.78 is 12.0. The molecular weight excluding hydrogens is 412 g/mol. The highest BCUT2D eigenvalue weighted by atomic mass is 79.9. The molecule has 2 aromatic heterocycles. The first-order valence-corrected chi connectivity index (χ1v) is 9.70. The molecule has 1 aliphatic rings. The molecular formula is C20H19BrN2O4. The van der Waals surface area contributed by atoms with Gasteiger partial charge in [0.05, 0.1) is 17.7 Å². The number of carbonyl (C=O) groups is 1. The van der Waals surface area contributed by atoms with Gasteiger partial charge < -0.3 is 14.2 Å². The first-order valence-electron chi connectivity index (χ1n) is 8.91. The Bertz CT molecular complexity index is 1010. The molecule has 1 fully saturated rings. The van der Waals surface area contributed by atoms with E-state index in [4.69, 9.17) is 8.83 Å². The van der Waals surface area contributed by atoms with Gasteiger partial charge in [-0.25, -0.2) is 0 Å². The van der Waals surface area contributed by atoms with Gasteiger partial charge in [-0.3, -0.25) is 14.5 Å². The SMILES string of the molecule is O=C(NCC(c1ccco1)N1CCCC1)c1cc(=O)c2ccc(Br)cc2o1. The lowest BCUT2D eigenvalue weighted by Gasteiger charge is -2.25. The van der Waals surface area contributed by atoms with E-state index in [-0.39, 0.29) is 17.2 Å². The summed E-state index contributed by atoms with van der Waals surface area (Å²) in [6.45, 7) is 2.33.